The van der Waals surface area contributed by atoms with Gasteiger partial charge in [-0.2, -0.15) is 11.8 Å². The molecule has 0 fully saturated rings. The van der Waals surface area contributed by atoms with Crippen LogP contribution in [-0.4, -0.2) is 22.8 Å². The van der Waals surface area contributed by atoms with Gasteiger partial charge in [-0.1, -0.05) is 12.1 Å². The van der Waals surface area contributed by atoms with Crippen LogP contribution in [-0.2, 0) is 12.2 Å². The van der Waals surface area contributed by atoms with E-state index in [1.807, 2.05) is 48.3 Å². The van der Waals surface area contributed by atoms with Crippen LogP contribution in [0.15, 0.2) is 30.3 Å². The highest BCUT2D eigenvalue weighted by atomic mass is 32.2. The lowest BCUT2D eigenvalue weighted by molar-refractivity contribution is 1.13. The van der Waals surface area contributed by atoms with E-state index in [0.717, 1.165) is 28.3 Å². The fraction of sp³-hybridized carbons (Fsp3) is 0.250. The highest BCUT2D eigenvalue weighted by molar-refractivity contribution is 7.98. The van der Waals surface area contributed by atoms with Crippen molar-refractivity contribution in [3.05, 3.63) is 40.8 Å². The zero-order chi connectivity index (χ0) is 14.2. The molecule has 5 heteroatoms. The van der Waals surface area contributed by atoms with Crippen molar-refractivity contribution >= 4 is 39.8 Å². The maximum Gasteiger partial charge on any atom is 0.172 e. The number of aromatic nitrogens is 2. The van der Waals surface area contributed by atoms with Crippen LogP contribution < -0.4 is 5.32 Å². The molecule has 0 spiro atoms. The van der Waals surface area contributed by atoms with E-state index in [1.165, 1.54) is 27.5 Å². The summed E-state index contributed by atoms with van der Waals surface area (Å²) in [7, 11) is 1.91. The number of anilines is 1. The molecule has 0 saturated carbocycles. The molecule has 3 aromatic rings. The molecule has 21 heavy (non-hydrogen) atoms. The molecule has 1 aromatic carbocycles. The van der Waals surface area contributed by atoms with Gasteiger partial charge in [0.25, 0.3) is 0 Å². The van der Waals surface area contributed by atoms with Gasteiger partial charge in [0.05, 0.1) is 10.4 Å². The molecule has 0 radical (unpaired) electrons. The van der Waals surface area contributed by atoms with Crippen LogP contribution >= 0.6 is 23.1 Å². The average Bonchev–Trinajstić information content (AvgIpc) is 2.98. The lowest BCUT2D eigenvalue weighted by atomic mass is 10.2. The van der Waals surface area contributed by atoms with E-state index in [2.05, 4.69) is 17.4 Å². The van der Waals surface area contributed by atoms with E-state index >= 15 is 0 Å². The smallest absolute Gasteiger partial charge is 0.172 e. The van der Waals surface area contributed by atoms with Gasteiger partial charge in [-0.25, -0.2) is 9.97 Å². The first-order valence-corrected chi connectivity index (χ1v) is 8.96. The average molecular weight is 313 g/mol. The molecule has 0 bridgehead atoms. The van der Waals surface area contributed by atoms with Crippen molar-refractivity contribution in [2.75, 3.05) is 18.1 Å². The van der Waals surface area contributed by atoms with E-state index in [9.17, 15) is 0 Å². The highest BCUT2D eigenvalue weighted by Gasteiger charge is 2.17. The number of hydrogen-bond acceptors (Lipinski definition) is 5. The molecule has 0 aliphatic carbocycles. The second kappa shape index (κ2) is 5.31. The Morgan fingerprint density at radius 3 is 2.95 bits per heavy atom. The summed E-state index contributed by atoms with van der Waals surface area (Å²) < 4.78 is 0. The number of aryl methyl sites for hydroxylation is 1. The number of nitrogens with one attached hydrogen (secondary N) is 1. The third-order valence-corrected chi connectivity index (χ3v) is 5.93. The standard InChI is InChI=1S/C16H15N3S2/c1-17-15-11-4-2-3-5-12(11)18-16(19-15)14-8-10-9-20-7-6-13(10)21-14/h2-5,8H,6-7,9H2,1H3,(H,17,18,19). The predicted molar refractivity (Wildman–Crippen MR) is 92.3 cm³/mol. The van der Waals surface area contributed by atoms with Crippen LogP contribution in [0.4, 0.5) is 5.82 Å². The molecule has 0 atom stereocenters. The van der Waals surface area contributed by atoms with Gasteiger partial charge in [-0.05, 0) is 35.9 Å². The predicted octanol–water partition coefficient (Wildman–Crippen LogP) is 4.19. The molecule has 1 N–H and O–H groups in total. The van der Waals surface area contributed by atoms with Crippen molar-refractivity contribution in [3.63, 3.8) is 0 Å². The number of nitrogens with zero attached hydrogens (tertiary/aromatic N) is 2. The summed E-state index contributed by atoms with van der Waals surface area (Å²) in [6.07, 6.45) is 1.18. The van der Waals surface area contributed by atoms with Crippen molar-refractivity contribution in [2.45, 2.75) is 12.2 Å². The van der Waals surface area contributed by atoms with Crippen molar-refractivity contribution in [1.29, 1.82) is 0 Å². The van der Waals surface area contributed by atoms with Crippen LogP contribution in [0.5, 0.6) is 0 Å². The van der Waals surface area contributed by atoms with Crippen molar-refractivity contribution < 1.29 is 0 Å². The van der Waals surface area contributed by atoms with E-state index in [1.54, 1.807) is 0 Å². The Bertz CT molecular complexity index is 787. The van der Waals surface area contributed by atoms with Gasteiger partial charge in [0.1, 0.15) is 5.82 Å². The van der Waals surface area contributed by atoms with Crippen LogP contribution in [0.3, 0.4) is 0 Å². The maximum atomic E-state index is 4.75. The number of thioether (sulfide) groups is 1. The molecule has 1 aliphatic rings. The van der Waals surface area contributed by atoms with Crippen LogP contribution in [0.2, 0.25) is 0 Å². The molecule has 0 saturated heterocycles. The molecular weight excluding hydrogens is 298 g/mol. The fourth-order valence-electron chi connectivity index (χ4n) is 2.63. The molecule has 106 valence electrons. The fourth-order valence-corrected chi connectivity index (χ4v) is 4.94. The normalized spacial score (nSPS) is 14.1. The number of hydrogen-bond donors (Lipinski definition) is 1. The summed E-state index contributed by atoms with van der Waals surface area (Å²) in [5, 5.41) is 4.26. The molecule has 4 rings (SSSR count). The van der Waals surface area contributed by atoms with Crippen LogP contribution in [0.1, 0.15) is 10.4 Å². The minimum Gasteiger partial charge on any atom is -0.373 e. The Kier molecular flexibility index (Phi) is 3.31. The molecule has 1 aliphatic heterocycles. The second-order valence-corrected chi connectivity index (χ2v) is 7.27. The van der Waals surface area contributed by atoms with Gasteiger partial charge in [0, 0.05) is 23.1 Å². The third kappa shape index (κ3) is 2.30. The molecule has 2 aromatic heterocycles. The van der Waals surface area contributed by atoms with Gasteiger partial charge in [-0.15, -0.1) is 11.3 Å². The molecule has 3 nitrogen and oxygen atoms in total. The highest BCUT2D eigenvalue weighted by Crippen LogP contribution is 2.36. The van der Waals surface area contributed by atoms with Crippen molar-refractivity contribution in [2.24, 2.45) is 0 Å². The molecular formula is C16H15N3S2. The second-order valence-electron chi connectivity index (χ2n) is 5.02. The quantitative estimate of drug-likeness (QED) is 0.770. The molecule has 0 unspecified atom stereocenters. The SMILES string of the molecule is CNc1nc(-c2cc3c(s2)CCSC3)nc2ccccc12. The van der Waals surface area contributed by atoms with Crippen molar-refractivity contribution in [1.82, 2.24) is 9.97 Å². The number of thiophene rings is 1. The summed E-state index contributed by atoms with van der Waals surface area (Å²) in [6, 6.07) is 10.4. The largest absolute Gasteiger partial charge is 0.373 e. The van der Waals surface area contributed by atoms with Gasteiger partial charge < -0.3 is 5.32 Å². The Morgan fingerprint density at radius 1 is 1.19 bits per heavy atom. The number of benzene rings is 1. The molecule has 3 heterocycles. The maximum absolute atomic E-state index is 4.75. The van der Waals surface area contributed by atoms with Crippen LogP contribution in [0.25, 0.3) is 21.6 Å². The third-order valence-electron chi connectivity index (χ3n) is 3.69. The Hall–Kier alpha value is -1.59. The Morgan fingerprint density at radius 2 is 2.10 bits per heavy atom. The summed E-state index contributed by atoms with van der Waals surface area (Å²) in [4.78, 5) is 12.2. The minimum atomic E-state index is 0.836. The summed E-state index contributed by atoms with van der Waals surface area (Å²) in [5.41, 5.74) is 2.46. The zero-order valence-electron chi connectivity index (χ0n) is 11.7. The van der Waals surface area contributed by atoms with E-state index in [0.29, 0.717) is 0 Å². The lowest BCUT2D eigenvalue weighted by Crippen LogP contribution is -1.97. The van der Waals surface area contributed by atoms with E-state index < -0.39 is 0 Å². The number of para-hydroxylation sites is 1. The summed E-state index contributed by atoms with van der Waals surface area (Å²) >= 11 is 3.86. The Balaban J connectivity index is 1.88. The van der Waals surface area contributed by atoms with Gasteiger partial charge >= 0.3 is 0 Å². The van der Waals surface area contributed by atoms with Crippen LogP contribution in [0, 0.1) is 0 Å². The van der Waals surface area contributed by atoms with Gasteiger partial charge in [0.15, 0.2) is 5.82 Å². The van der Waals surface area contributed by atoms with Crippen molar-refractivity contribution in [3.8, 4) is 10.7 Å². The van der Waals surface area contributed by atoms with E-state index in [4.69, 9.17) is 9.97 Å². The molecule has 0 amide bonds. The summed E-state index contributed by atoms with van der Waals surface area (Å²) in [6.45, 7) is 0. The topological polar surface area (TPSA) is 37.8 Å². The monoisotopic (exact) mass is 313 g/mol. The number of fused-ring (bicyclic) bond motifs is 2. The number of rotatable bonds is 2. The zero-order valence-corrected chi connectivity index (χ0v) is 13.4. The first-order valence-electron chi connectivity index (χ1n) is 6.99. The minimum absolute atomic E-state index is 0.836. The van der Waals surface area contributed by atoms with Gasteiger partial charge in [0.2, 0.25) is 0 Å². The Labute approximate surface area is 131 Å². The lowest BCUT2D eigenvalue weighted by Gasteiger charge is -2.08. The first kappa shape index (κ1) is 13.1. The summed E-state index contributed by atoms with van der Waals surface area (Å²) in [5.74, 6) is 4.09. The van der Waals surface area contributed by atoms with Gasteiger partial charge in [-0.3, -0.25) is 0 Å². The van der Waals surface area contributed by atoms with E-state index in [-0.39, 0.29) is 0 Å². The first-order chi connectivity index (χ1) is 10.3.